The lowest BCUT2D eigenvalue weighted by Crippen LogP contribution is -2.39. The molecule has 21 heavy (non-hydrogen) atoms. The van der Waals surface area contributed by atoms with Crippen molar-refractivity contribution in [1.82, 2.24) is 5.32 Å². The number of methoxy groups -OCH3 is 1. The first kappa shape index (κ1) is 16.3. The maximum absolute atomic E-state index is 5.04. The van der Waals surface area contributed by atoms with Gasteiger partial charge in [-0.15, -0.1) is 0 Å². The Kier molecular flexibility index (Phi) is 7.04. The van der Waals surface area contributed by atoms with Crippen molar-refractivity contribution in [2.75, 3.05) is 31.7 Å². The number of ether oxygens (including phenoxy) is 1. The van der Waals surface area contributed by atoms with E-state index in [1.165, 1.54) is 49.9 Å². The van der Waals surface area contributed by atoms with Crippen LogP contribution in [-0.2, 0) is 11.3 Å². The zero-order valence-electron chi connectivity index (χ0n) is 13.6. The molecular weight excluding hydrogens is 260 g/mol. The van der Waals surface area contributed by atoms with Crippen molar-refractivity contribution < 1.29 is 4.74 Å². The number of rotatable bonds is 8. The fourth-order valence-corrected chi connectivity index (χ4v) is 3.19. The molecule has 0 saturated carbocycles. The summed E-state index contributed by atoms with van der Waals surface area (Å²) in [5.41, 5.74) is 2.74. The number of benzene rings is 1. The third-order valence-electron chi connectivity index (χ3n) is 4.33. The molecule has 1 unspecified atom stereocenters. The Morgan fingerprint density at radius 3 is 2.76 bits per heavy atom. The van der Waals surface area contributed by atoms with Crippen LogP contribution in [-0.4, -0.2) is 32.8 Å². The number of nitrogens with zero attached hydrogens (tertiary/aromatic N) is 1. The molecule has 0 amide bonds. The van der Waals surface area contributed by atoms with Crippen LogP contribution in [0.4, 0.5) is 5.69 Å². The van der Waals surface area contributed by atoms with E-state index in [1.807, 2.05) is 0 Å². The molecule has 118 valence electrons. The van der Waals surface area contributed by atoms with E-state index in [9.17, 15) is 0 Å². The van der Waals surface area contributed by atoms with E-state index in [0.717, 1.165) is 25.7 Å². The number of hydrogen-bond acceptors (Lipinski definition) is 3. The van der Waals surface area contributed by atoms with Crippen LogP contribution in [0.5, 0.6) is 0 Å². The highest BCUT2D eigenvalue weighted by Crippen LogP contribution is 2.27. The lowest BCUT2D eigenvalue weighted by atomic mass is 9.97. The predicted molar refractivity (Wildman–Crippen MR) is 89.9 cm³/mol. The third kappa shape index (κ3) is 5.01. The molecule has 2 rings (SSSR count). The maximum Gasteiger partial charge on any atom is 0.0587 e. The summed E-state index contributed by atoms with van der Waals surface area (Å²) in [4.78, 5) is 2.62. The van der Waals surface area contributed by atoms with E-state index in [1.54, 1.807) is 7.11 Å². The quantitative estimate of drug-likeness (QED) is 0.741. The van der Waals surface area contributed by atoms with Gasteiger partial charge in [0.05, 0.1) is 6.61 Å². The highest BCUT2D eigenvalue weighted by molar-refractivity contribution is 5.49. The van der Waals surface area contributed by atoms with E-state index < -0.39 is 0 Å². The molecule has 3 nitrogen and oxygen atoms in total. The molecule has 1 aliphatic heterocycles. The second kappa shape index (κ2) is 9.06. The predicted octanol–water partition coefficient (Wildman–Crippen LogP) is 3.58. The molecule has 3 heteroatoms. The van der Waals surface area contributed by atoms with Gasteiger partial charge in [-0.25, -0.2) is 0 Å². The van der Waals surface area contributed by atoms with Crippen LogP contribution in [0.15, 0.2) is 24.3 Å². The largest absolute Gasteiger partial charge is 0.383 e. The van der Waals surface area contributed by atoms with Gasteiger partial charge in [0.2, 0.25) is 0 Å². The lowest BCUT2D eigenvalue weighted by Gasteiger charge is -2.37. The summed E-state index contributed by atoms with van der Waals surface area (Å²) in [7, 11) is 1.74. The first-order chi connectivity index (χ1) is 10.3. The molecule has 0 bridgehead atoms. The van der Waals surface area contributed by atoms with Crippen molar-refractivity contribution in [2.45, 2.75) is 51.6 Å². The van der Waals surface area contributed by atoms with Crippen molar-refractivity contribution in [3.63, 3.8) is 0 Å². The normalized spacial score (nSPS) is 19.0. The zero-order valence-corrected chi connectivity index (χ0v) is 13.6. The molecule has 1 aliphatic rings. The van der Waals surface area contributed by atoms with Gasteiger partial charge in [0.25, 0.3) is 0 Å². The Hall–Kier alpha value is -1.06. The van der Waals surface area contributed by atoms with Gasteiger partial charge in [-0.3, -0.25) is 0 Å². The zero-order chi connectivity index (χ0) is 14.9. The minimum atomic E-state index is 0.745. The van der Waals surface area contributed by atoms with E-state index in [-0.39, 0.29) is 0 Å². The van der Waals surface area contributed by atoms with Gasteiger partial charge in [-0.2, -0.15) is 0 Å². The van der Waals surface area contributed by atoms with Crippen LogP contribution in [0.25, 0.3) is 0 Å². The first-order valence-electron chi connectivity index (χ1n) is 8.40. The maximum atomic E-state index is 5.04. The van der Waals surface area contributed by atoms with Gasteiger partial charge in [0.15, 0.2) is 0 Å². The SMILES string of the molecule is CCCC1CCCCN1c1ccc(CNCCOC)cc1. The molecule has 1 heterocycles. The fourth-order valence-electron chi connectivity index (χ4n) is 3.19. The van der Waals surface area contributed by atoms with Gasteiger partial charge in [-0.05, 0) is 43.4 Å². The minimum Gasteiger partial charge on any atom is -0.383 e. The molecular formula is C18H30N2O. The van der Waals surface area contributed by atoms with E-state index in [0.29, 0.717) is 0 Å². The molecule has 1 aromatic carbocycles. The first-order valence-corrected chi connectivity index (χ1v) is 8.40. The summed E-state index contributed by atoms with van der Waals surface area (Å²) >= 11 is 0. The van der Waals surface area contributed by atoms with Gasteiger partial charge >= 0.3 is 0 Å². The molecule has 1 N–H and O–H groups in total. The minimum absolute atomic E-state index is 0.745. The second-order valence-corrected chi connectivity index (χ2v) is 5.97. The van der Waals surface area contributed by atoms with Gasteiger partial charge in [0, 0.05) is 38.5 Å². The lowest BCUT2D eigenvalue weighted by molar-refractivity contribution is 0.199. The Balaban J connectivity index is 1.90. The molecule has 1 atom stereocenters. The van der Waals surface area contributed by atoms with Crippen LogP contribution >= 0.6 is 0 Å². The number of anilines is 1. The topological polar surface area (TPSA) is 24.5 Å². The van der Waals surface area contributed by atoms with Gasteiger partial charge in [0.1, 0.15) is 0 Å². The highest BCUT2D eigenvalue weighted by atomic mass is 16.5. The van der Waals surface area contributed by atoms with Crippen LogP contribution in [0.1, 0.15) is 44.6 Å². The smallest absolute Gasteiger partial charge is 0.0587 e. The molecule has 0 spiro atoms. The van der Waals surface area contributed by atoms with E-state index >= 15 is 0 Å². The van der Waals surface area contributed by atoms with Crippen molar-refractivity contribution in [2.24, 2.45) is 0 Å². The molecule has 1 fully saturated rings. The number of nitrogens with one attached hydrogen (secondary N) is 1. The van der Waals surface area contributed by atoms with Crippen molar-refractivity contribution in [1.29, 1.82) is 0 Å². The van der Waals surface area contributed by atoms with Gasteiger partial charge < -0.3 is 15.0 Å². The van der Waals surface area contributed by atoms with E-state index in [2.05, 4.69) is 41.4 Å². The standard InChI is InChI=1S/C18H30N2O/c1-3-6-17-7-4-5-13-20(17)18-10-8-16(9-11-18)15-19-12-14-21-2/h8-11,17,19H,3-7,12-15H2,1-2H3. The van der Waals surface area contributed by atoms with E-state index in [4.69, 9.17) is 4.74 Å². The average Bonchev–Trinajstić information content (AvgIpc) is 2.53. The molecule has 1 saturated heterocycles. The second-order valence-electron chi connectivity index (χ2n) is 5.97. The molecule has 0 aromatic heterocycles. The average molecular weight is 290 g/mol. The van der Waals surface area contributed by atoms with Crippen molar-refractivity contribution in [3.05, 3.63) is 29.8 Å². The van der Waals surface area contributed by atoms with Crippen LogP contribution in [0, 0.1) is 0 Å². The Bertz CT molecular complexity index is 389. The van der Waals surface area contributed by atoms with Crippen LogP contribution < -0.4 is 10.2 Å². The molecule has 1 aromatic rings. The summed E-state index contributed by atoms with van der Waals surface area (Å²) in [5.74, 6) is 0. The van der Waals surface area contributed by atoms with Crippen molar-refractivity contribution >= 4 is 5.69 Å². The fraction of sp³-hybridized carbons (Fsp3) is 0.667. The van der Waals surface area contributed by atoms with Crippen molar-refractivity contribution in [3.8, 4) is 0 Å². The molecule has 0 radical (unpaired) electrons. The van der Waals surface area contributed by atoms with Crippen LogP contribution in [0.2, 0.25) is 0 Å². The van der Waals surface area contributed by atoms with Gasteiger partial charge in [-0.1, -0.05) is 25.5 Å². The monoisotopic (exact) mass is 290 g/mol. The molecule has 0 aliphatic carbocycles. The summed E-state index contributed by atoms with van der Waals surface area (Å²) in [6.45, 7) is 6.10. The summed E-state index contributed by atoms with van der Waals surface area (Å²) < 4.78 is 5.04. The Morgan fingerprint density at radius 2 is 2.05 bits per heavy atom. The summed E-state index contributed by atoms with van der Waals surface area (Å²) in [6.07, 6.45) is 6.68. The van der Waals surface area contributed by atoms with Crippen LogP contribution in [0.3, 0.4) is 0 Å². The Morgan fingerprint density at radius 1 is 1.24 bits per heavy atom. The highest BCUT2D eigenvalue weighted by Gasteiger charge is 2.21. The summed E-state index contributed by atoms with van der Waals surface area (Å²) in [5, 5.41) is 3.39. The number of piperidine rings is 1. The third-order valence-corrected chi connectivity index (χ3v) is 4.33. The summed E-state index contributed by atoms with van der Waals surface area (Å²) in [6, 6.07) is 9.84. The number of hydrogen-bond donors (Lipinski definition) is 1. The Labute approximate surface area is 129 Å².